The summed E-state index contributed by atoms with van der Waals surface area (Å²) in [5.74, 6) is -0.270. The summed E-state index contributed by atoms with van der Waals surface area (Å²) in [7, 11) is 0. The summed E-state index contributed by atoms with van der Waals surface area (Å²) in [6.07, 6.45) is 1.89. The maximum Gasteiger partial charge on any atom is 0.252 e. The Morgan fingerprint density at radius 1 is 1.47 bits per heavy atom. The first-order valence-corrected chi connectivity index (χ1v) is 5.65. The Bertz CT molecular complexity index is 442. The number of carbonyl (C=O) groups excluding carboxylic acids is 2. The number of nitrogens with one attached hydrogen (secondary N) is 1. The molecule has 1 aliphatic heterocycles. The fourth-order valence-corrected chi connectivity index (χ4v) is 1.88. The summed E-state index contributed by atoms with van der Waals surface area (Å²) in [6.45, 7) is 4.13. The molecular formula is C12H15N3O2. The molecular weight excluding hydrogens is 218 g/mol. The molecule has 1 atom stereocenters. The quantitative estimate of drug-likeness (QED) is 0.789. The van der Waals surface area contributed by atoms with Crippen LogP contribution in [0.15, 0.2) is 18.3 Å². The van der Waals surface area contributed by atoms with Gasteiger partial charge < -0.3 is 5.32 Å². The minimum atomic E-state index is -0.452. The molecule has 1 aliphatic rings. The van der Waals surface area contributed by atoms with Crippen LogP contribution in [0.25, 0.3) is 0 Å². The maximum absolute atomic E-state index is 11.8. The van der Waals surface area contributed by atoms with E-state index in [-0.39, 0.29) is 18.2 Å². The van der Waals surface area contributed by atoms with Gasteiger partial charge in [0.25, 0.3) is 5.91 Å². The van der Waals surface area contributed by atoms with Crippen LogP contribution in [0.5, 0.6) is 0 Å². The molecule has 1 saturated heterocycles. The fraction of sp³-hybridized carbons (Fsp3) is 0.417. The van der Waals surface area contributed by atoms with E-state index in [4.69, 9.17) is 0 Å². The molecule has 90 valence electrons. The molecule has 17 heavy (non-hydrogen) atoms. The van der Waals surface area contributed by atoms with Gasteiger partial charge in [-0.15, -0.1) is 0 Å². The monoisotopic (exact) mass is 233 g/mol. The van der Waals surface area contributed by atoms with Crippen LogP contribution in [0.4, 0.5) is 5.69 Å². The van der Waals surface area contributed by atoms with Crippen molar-refractivity contribution >= 4 is 17.5 Å². The molecule has 0 saturated carbocycles. The van der Waals surface area contributed by atoms with Crippen molar-refractivity contribution in [1.82, 2.24) is 9.88 Å². The third kappa shape index (κ3) is 2.27. The van der Waals surface area contributed by atoms with Crippen LogP contribution in [0.2, 0.25) is 0 Å². The van der Waals surface area contributed by atoms with Gasteiger partial charge in [0.15, 0.2) is 0 Å². The number of likely N-dealkylation sites (N-methyl/N-ethyl adjacent to an activating group) is 1. The van der Waals surface area contributed by atoms with Gasteiger partial charge in [-0.2, -0.15) is 0 Å². The smallest absolute Gasteiger partial charge is 0.252 e. The van der Waals surface area contributed by atoms with E-state index >= 15 is 0 Å². The number of pyridine rings is 1. The summed E-state index contributed by atoms with van der Waals surface area (Å²) in [5.41, 5.74) is 1.68. The Morgan fingerprint density at radius 3 is 2.76 bits per heavy atom. The minimum absolute atomic E-state index is 0.116. The molecule has 1 aromatic heterocycles. The highest BCUT2D eigenvalue weighted by molar-refractivity contribution is 6.06. The van der Waals surface area contributed by atoms with E-state index in [1.165, 1.54) is 4.90 Å². The van der Waals surface area contributed by atoms with Crippen LogP contribution in [0.1, 0.15) is 19.0 Å². The molecule has 5 heteroatoms. The molecule has 0 aliphatic carbocycles. The van der Waals surface area contributed by atoms with Gasteiger partial charge in [0.1, 0.15) is 6.04 Å². The van der Waals surface area contributed by atoms with Crippen LogP contribution in [-0.4, -0.2) is 34.3 Å². The van der Waals surface area contributed by atoms with Crippen LogP contribution in [0.3, 0.4) is 0 Å². The second-order valence-corrected chi connectivity index (χ2v) is 4.07. The van der Waals surface area contributed by atoms with E-state index < -0.39 is 6.04 Å². The zero-order valence-electron chi connectivity index (χ0n) is 9.93. The molecule has 2 rings (SSSR count). The van der Waals surface area contributed by atoms with Crippen molar-refractivity contribution in [1.29, 1.82) is 0 Å². The number of nitrogens with zero attached hydrogens (tertiary/aromatic N) is 2. The summed E-state index contributed by atoms with van der Waals surface area (Å²) in [6, 6.07) is 3.27. The molecule has 2 heterocycles. The van der Waals surface area contributed by atoms with E-state index in [2.05, 4.69) is 10.3 Å². The lowest BCUT2D eigenvalue weighted by molar-refractivity contribution is -0.138. The second kappa shape index (κ2) is 4.53. The molecule has 0 aromatic carbocycles. The van der Waals surface area contributed by atoms with Gasteiger partial charge in [0, 0.05) is 12.2 Å². The van der Waals surface area contributed by atoms with Crippen LogP contribution in [-0.2, 0) is 9.59 Å². The molecule has 1 unspecified atom stereocenters. The Kier molecular flexibility index (Phi) is 3.08. The first kappa shape index (κ1) is 11.6. The van der Waals surface area contributed by atoms with Gasteiger partial charge in [-0.05, 0) is 26.0 Å². The number of hydrogen-bond donors (Lipinski definition) is 1. The van der Waals surface area contributed by atoms with Crippen molar-refractivity contribution in [3.63, 3.8) is 0 Å². The van der Waals surface area contributed by atoms with E-state index in [0.29, 0.717) is 6.54 Å². The van der Waals surface area contributed by atoms with Gasteiger partial charge in [-0.3, -0.25) is 19.5 Å². The largest absolute Gasteiger partial charge is 0.372 e. The van der Waals surface area contributed by atoms with Crippen molar-refractivity contribution in [3.05, 3.63) is 24.0 Å². The van der Waals surface area contributed by atoms with E-state index in [0.717, 1.165) is 11.4 Å². The molecule has 0 bridgehead atoms. The Balaban J connectivity index is 2.08. The fourth-order valence-electron chi connectivity index (χ4n) is 1.88. The lowest BCUT2D eigenvalue weighted by Crippen LogP contribution is -2.34. The van der Waals surface area contributed by atoms with Crippen molar-refractivity contribution < 1.29 is 9.59 Å². The lowest BCUT2D eigenvalue weighted by atomic mass is 10.2. The second-order valence-electron chi connectivity index (χ2n) is 4.07. The van der Waals surface area contributed by atoms with E-state index in [1.807, 2.05) is 19.1 Å². The molecule has 0 spiro atoms. The van der Waals surface area contributed by atoms with Crippen molar-refractivity contribution in [2.75, 3.05) is 11.9 Å². The average molecular weight is 233 g/mol. The van der Waals surface area contributed by atoms with Gasteiger partial charge >= 0.3 is 0 Å². The highest BCUT2D eigenvalue weighted by Gasteiger charge is 2.37. The Morgan fingerprint density at radius 2 is 2.24 bits per heavy atom. The van der Waals surface area contributed by atoms with Gasteiger partial charge in [-0.25, -0.2) is 0 Å². The minimum Gasteiger partial charge on any atom is -0.372 e. The number of carbonyl (C=O) groups is 2. The molecule has 1 N–H and O–H groups in total. The zero-order chi connectivity index (χ0) is 12.4. The highest BCUT2D eigenvalue weighted by atomic mass is 16.2. The third-order valence-electron chi connectivity index (χ3n) is 2.81. The lowest BCUT2D eigenvalue weighted by Gasteiger charge is -2.13. The summed E-state index contributed by atoms with van der Waals surface area (Å²) >= 11 is 0. The molecule has 1 fully saturated rings. The molecule has 2 amide bonds. The molecule has 1 aromatic rings. The molecule has 5 nitrogen and oxygen atoms in total. The standard InChI is InChI=1S/C12H15N3O2/c1-3-15-11(16)6-10(12(15)17)14-9-5-4-8(2)13-7-9/h4-5,7,10,14H,3,6H2,1-2H3. The van der Waals surface area contributed by atoms with Crippen LogP contribution < -0.4 is 5.32 Å². The number of likely N-dealkylation sites (tertiary alicyclic amines) is 1. The summed E-state index contributed by atoms with van der Waals surface area (Å²) < 4.78 is 0. The average Bonchev–Trinajstić information content (AvgIpc) is 2.57. The first-order chi connectivity index (χ1) is 8.11. The van der Waals surface area contributed by atoms with Crippen LogP contribution in [0, 0.1) is 6.92 Å². The van der Waals surface area contributed by atoms with E-state index in [9.17, 15) is 9.59 Å². The first-order valence-electron chi connectivity index (χ1n) is 5.65. The predicted octanol–water partition coefficient (Wildman–Crippen LogP) is 0.949. The number of imide groups is 1. The SMILES string of the molecule is CCN1C(=O)CC(Nc2ccc(C)nc2)C1=O. The Hall–Kier alpha value is -1.91. The topological polar surface area (TPSA) is 62.3 Å². The maximum atomic E-state index is 11.8. The Labute approximate surface area is 99.8 Å². The van der Waals surface area contributed by atoms with Crippen molar-refractivity contribution in [3.8, 4) is 0 Å². The van der Waals surface area contributed by atoms with Gasteiger partial charge in [0.05, 0.1) is 18.3 Å². The van der Waals surface area contributed by atoms with Crippen molar-refractivity contribution in [2.24, 2.45) is 0 Å². The highest BCUT2D eigenvalue weighted by Crippen LogP contribution is 2.17. The predicted molar refractivity (Wildman–Crippen MR) is 63.4 cm³/mol. The number of hydrogen-bond acceptors (Lipinski definition) is 4. The number of amides is 2. The van der Waals surface area contributed by atoms with E-state index in [1.54, 1.807) is 13.1 Å². The van der Waals surface area contributed by atoms with Crippen LogP contribution >= 0.6 is 0 Å². The van der Waals surface area contributed by atoms with Gasteiger partial charge in [0.2, 0.25) is 5.91 Å². The number of aryl methyl sites for hydroxylation is 1. The summed E-state index contributed by atoms with van der Waals surface area (Å²) in [5, 5.41) is 3.04. The normalized spacial score (nSPS) is 19.9. The number of rotatable bonds is 3. The third-order valence-corrected chi connectivity index (χ3v) is 2.81. The molecule has 0 radical (unpaired) electrons. The number of anilines is 1. The summed E-state index contributed by atoms with van der Waals surface area (Å²) in [4.78, 5) is 28.8. The van der Waals surface area contributed by atoms with Crippen molar-refractivity contribution in [2.45, 2.75) is 26.3 Å². The zero-order valence-corrected chi connectivity index (χ0v) is 9.93. The number of aromatic nitrogens is 1. The van der Waals surface area contributed by atoms with Gasteiger partial charge in [-0.1, -0.05) is 0 Å².